The van der Waals surface area contributed by atoms with E-state index in [1.54, 1.807) is 0 Å². The van der Waals surface area contributed by atoms with Gasteiger partial charge in [0, 0.05) is 0 Å². The molecule has 0 bridgehead atoms. The second kappa shape index (κ2) is 9.33. The van der Waals surface area contributed by atoms with Crippen molar-refractivity contribution < 1.29 is 10.4 Å². The first-order valence-corrected chi connectivity index (χ1v) is 9.87. The lowest BCUT2D eigenvalue weighted by molar-refractivity contribution is 0.229. The molecule has 2 unspecified atom stereocenters. The zero-order valence-corrected chi connectivity index (χ0v) is 19.0. The van der Waals surface area contributed by atoms with Crippen molar-refractivity contribution >= 4 is 22.8 Å². The Morgan fingerprint density at radius 3 is 1.72 bits per heavy atom. The number of hydrogen-bond donors (Lipinski definition) is 4. The highest BCUT2D eigenvalue weighted by molar-refractivity contribution is 6.54. The van der Waals surface area contributed by atoms with Crippen LogP contribution in [0.3, 0.4) is 0 Å². The number of nitrogens with one attached hydrogen (secondary N) is 2. The lowest BCUT2D eigenvalue weighted by Crippen LogP contribution is -2.30. The van der Waals surface area contributed by atoms with Gasteiger partial charge >= 0.3 is 0 Å². The van der Waals surface area contributed by atoms with Crippen LogP contribution >= 0.6 is 0 Å². The van der Waals surface area contributed by atoms with E-state index in [0.717, 1.165) is 6.42 Å². The molecule has 0 saturated heterocycles. The van der Waals surface area contributed by atoms with E-state index in [4.69, 9.17) is 16.0 Å². The number of oxime groups is 2. The summed E-state index contributed by atoms with van der Waals surface area (Å²) in [6, 6.07) is 7.93. The van der Waals surface area contributed by atoms with Crippen molar-refractivity contribution in [1.29, 1.82) is 10.8 Å². The van der Waals surface area contributed by atoms with E-state index in [0.29, 0.717) is 11.5 Å². The first-order chi connectivity index (χ1) is 13.2. The third kappa shape index (κ3) is 6.51. The fourth-order valence-electron chi connectivity index (χ4n) is 3.53. The predicted molar refractivity (Wildman–Crippen MR) is 121 cm³/mol. The molecule has 0 aliphatic heterocycles. The van der Waals surface area contributed by atoms with Gasteiger partial charge in [-0.15, -0.1) is 0 Å². The highest BCUT2D eigenvalue weighted by atomic mass is 16.4. The molecular weight excluding hydrogens is 364 g/mol. The number of rotatable bonds is 7. The molecule has 6 heteroatoms. The largest absolute Gasteiger partial charge is 0.411 e. The van der Waals surface area contributed by atoms with E-state index in [-0.39, 0.29) is 33.7 Å². The minimum absolute atomic E-state index is 0.00406. The average Bonchev–Trinajstić information content (AvgIpc) is 2.61. The van der Waals surface area contributed by atoms with Crippen molar-refractivity contribution in [3.8, 4) is 0 Å². The summed E-state index contributed by atoms with van der Waals surface area (Å²) in [5.74, 6) is -0.427. The van der Waals surface area contributed by atoms with Crippen molar-refractivity contribution in [3.63, 3.8) is 0 Å². The SMILES string of the molecule is CC(=N)C(=N)C(C(=N/O)/C(C)=N\O)c1ccc(C(CC(C)(C)C)C(C)(C)C)cc1. The number of nitrogens with zero attached hydrogens (tertiary/aromatic N) is 2. The van der Waals surface area contributed by atoms with Crippen molar-refractivity contribution in [2.45, 2.75) is 73.6 Å². The van der Waals surface area contributed by atoms with Crippen LogP contribution < -0.4 is 0 Å². The molecule has 0 amide bonds. The van der Waals surface area contributed by atoms with Crippen molar-refractivity contribution in [3.05, 3.63) is 35.4 Å². The topological polar surface area (TPSA) is 113 Å². The third-order valence-corrected chi connectivity index (χ3v) is 5.13. The average molecular weight is 401 g/mol. The zero-order chi connectivity index (χ0) is 22.6. The summed E-state index contributed by atoms with van der Waals surface area (Å²) in [4.78, 5) is 0. The molecule has 0 aromatic heterocycles. The molecule has 160 valence electrons. The molecule has 0 fully saturated rings. The molecule has 6 nitrogen and oxygen atoms in total. The van der Waals surface area contributed by atoms with Crippen LogP contribution in [0, 0.1) is 21.6 Å². The quantitative estimate of drug-likeness (QED) is 0.253. The van der Waals surface area contributed by atoms with E-state index in [2.05, 4.69) is 64.0 Å². The van der Waals surface area contributed by atoms with Gasteiger partial charge in [-0.05, 0) is 48.1 Å². The fourth-order valence-corrected chi connectivity index (χ4v) is 3.53. The molecular formula is C23H36N4O2. The molecule has 1 aromatic carbocycles. The van der Waals surface area contributed by atoms with Gasteiger partial charge < -0.3 is 21.2 Å². The van der Waals surface area contributed by atoms with Crippen LogP contribution in [-0.4, -0.2) is 33.3 Å². The lowest BCUT2D eigenvalue weighted by Gasteiger charge is -2.36. The summed E-state index contributed by atoms with van der Waals surface area (Å²) < 4.78 is 0. The first-order valence-electron chi connectivity index (χ1n) is 9.87. The van der Waals surface area contributed by atoms with Crippen molar-refractivity contribution in [2.75, 3.05) is 0 Å². The number of hydrogen-bond acceptors (Lipinski definition) is 6. The Bertz CT molecular complexity index is 794. The molecule has 1 aromatic rings. The zero-order valence-electron chi connectivity index (χ0n) is 19.0. The van der Waals surface area contributed by atoms with Gasteiger partial charge in [-0.2, -0.15) is 0 Å². The molecule has 0 aliphatic carbocycles. The monoisotopic (exact) mass is 400 g/mol. The number of benzene rings is 1. The molecule has 0 radical (unpaired) electrons. The molecule has 1 rings (SSSR count). The minimum Gasteiger partial charge on any atom is -0.411 e. The van der Waals surface area contributed by atoms with Gasteiger partial charge in [-0.3, -0.25) is 0 Å². The second-order valence-corrected chi connectivity index (χ2v) is 9.99. The summed E-state index contributed by atoms with van der Waals surface area (Å²) in [6.07, 6.45) is 1.04. The summed E-state index contributed by atoms with van der Waals surface area (Å²) in [6.45, 7) is 16.5. The lowest BCUT2D eigenvalue weighted by atomic mass is 9.69. The summed E-state index contributed by atoms with van der Waals surface area (Å²) in [5.41, 5.74) is 2.41. The van der Waals surface area contributed by atoms with Crippen LogP contribution in [0.25, 0.3) is 0 Å². The molecule has 0 saturated carbocycles. The standard InChI is InChI=1S/C23H36N4O2/c1-14(24)20(25)19(21(27-29)15(2)26-28)17-11-9-16(10-12-17)18(23(6,7)8)13-22(3,4)5/h9-12,18-19,24-25,28-29H,13H2,1-8H3/b24-14?,25-20?,26-15-,27-21+. The Morgan fingerprint density at radius 2 is 1.38 bits per heavy atom. The molecule has 29 heavy (non-hydrogen) atoms. The summed E-state index contributed by atoms with van der Waals surface area (Å²) >= 11 is 0. The van der Waals surface area contributed by atoms with Crippen LogP contribution in [-0.2, 0) is 0 Å². The van der Waals surface area contributed by atoms with Gasteiger partial charge in [0.2, 0.25) is 0 Å². The van der Waals surface area contributed by atoms with Crippen molar-refractivity contribution in [1.82, 2.24) is 0 Å². The van der Waals surface area contributed by atoms with Crippen LogP contribution in [0.2, 0.25) is 0 Å². The van der Waals surface area contributed by atoms with E-state index < -0.39 is 5.92 Å². The molecule has 0 heterocycles. The molecule has 4 N–H and O–H groups in total. The third-order valence-electron chi connectivity index (χ3n) is 5.13. The molecule has 0 spiro atoms. The van der Waals surface area contributed by atoms with Gasteiger partial charge in [0.1, 0.15) is 11.4 Å². The Balaban J connectivity index is 3.46. The van der Waals surface area contributed by atoms with Crippen LogP contribution in [0.4, 0.5) is 0 Å². The highest BCUT2D eigenvalue weighted by Gasteiger charge is 2.31. The second-order valence-electron chi connectivity index (χ2n) is 9.99. The maximum Gasteiger partial charge on any atom is 0.117 e. The van der Waals surface area contributed by atoms with Crippen molar-refractivity contribution in [2.24, 2.45) is 21.1 Å². The van der Waals surface area contributed by atoms with E-state index >= 15 is 0 Å². The Morgan fingerprint density at radius 1 is 0.897 bits per heavy atom. The van der Waals surface area contributed by atoms with Gasteiger partial charge in [0.05, 0.1) is 17.3 Å². The van der Waals surface area contributed by atoms with Gasteiger partial charge in [-0.1, -0.05) is 76.1 Å². The molecule has 2 atom stereocenters. The van der Waals surface area contributed by atoms with E-state index in [1.165, 1.54) is 19.4 Å². The Kier molecular flexibility index (Phi) is 7.90. The highest BCUT2D eigenvalue weighted by Crippen LogP contribution is 2.43. The minimum atomic E-state index is -0.779. The van der Waals surface area contributed by atoms with Crippen LogP contribution in [0.5, 0.6) is 0 Å². The summed E-state index contributed by atoms with van der Waals surface area (Å²) in [7, 11) is 0. The first kappa shape index (κ1) is 24.5. The van der Waals surface area contributed by atoms with Crippen LogP contribution in [0.1, 0.15) is 84.8 Å². The summed E-state index contributed by atoms with van der Waals surface area (Å²) in [5, 5.41) is 41.2. The van der Waals surface area contributed by atoms with Crippen LogP contribution in [0.15, 0.2) is 34.6 Å². The maximum absolute atomic E-state index is 9.50. The Labute approximate surface area is 174 Å². The van der Waals surface area contributed by atoms with E-state index in [9.17, 15) is 5.21 Å². The Hall–Kier alpha value is -2.50. The fraction of sp³-hybridized carbons (Fsp3) is 0.565. The maximum atomic E-state index is 9.50. The molecule has 0 aliphatic rings. The van der Waals surface area contributed by atoms with E-state index in [1.807, 2.05) is 12.1 Å². The smallest absolute Gasteiger partial charge is 0.117 e. The van der Waals surface area contributed by atoms with Gasteiger partial charge in [0.15, 0.2) is 0 Å². The van der Waals surface area contributed by atoms with Gasteiger partial charge in [-0.25, -0.2) is 0 Å². The normalized spacial score (nSPS) is 15.7. The predicted octanol–water partition coefficient (Wildman–Crippen LogP) is 6.08. The van der Waals surface area contributed by atoms with Gasteiger partial charge in [0.25, 0.3) is 0 Å².